The van der Waals surface area contributed by atoms with Crippen LogP contribution < -0.4 is 10.1 Å². The SMILES string of the molecule is CCCNCc1c(Cl)cccc1OCc1cccc(C)n1. The number of nitrogens with zero attached hydrogens (tertiary/aromatic N) is 1. The molecule has 1 N–H and O–H groups in total. The first-order valence-electron chi connectivity index (χ1n) is 7.24. The summed E-state index contributed by atoms with van der Waals surface area (Å²) in [6.07, 6.45) is 1.09. The van der Waals surface area contributed by atoms with Crippen molar-refractivity contribution in [2.24, 2.45) is 0 Å². The van der Waals surface area contributed by atoms with Gasteiger partial charge in [-0.05, 0) is 44.2 Å². The fourth-order valence-electron chi connectivity index (χ4n) is 2.07. The Kier molecular flexibility index (Phi) is 6.03. The molecule has 3 nitrogen and oxygen atoms in total. The van der Waals surface area contributed by atoms with Gasteiger partial charge < -0.3 is 10.1 Å². The molecule has 0 spiro atoms. The third-order valence-electron chi connectivity index (χ3n) is 3.13. The van der Waals surface area contributed by atoms with E-state index in [1.165, 1.54) is 0 Å². The highest BCUT2D eigenvalue weighted by Crippen LogP contribution is 2.27. The minimum absolute atomic E-state index is 0.447. The number of aromatic nitrogens is 1. The fraction of sp³-hybridized carbons (Fsp3) is 0.353. The molecule has 1 aromatic heterocycles. The lowest BCUT2D eigenvalue weighted by atomic mass is 10.2. The molecule has 0 bridgehead atoms. The third kappa shape index (κ3) is 4.73. The second-order valence-corrected chi connectivity index (χ2v) is 5.36. The Labute approximate surface area is 131 Å². The Balaban J connectivity index is 2.06. The highest BCUT2D eigenvalue weighted by molar-refractivity contribution is 6.31. The molecular formula is C17H21ClN2O. The molecule has 1 heterocycles. The van der Waals surface area contributed by atoms with Crippen molar-refractivity contribution in [3.05, 3.63) is 58.4 Å². The summed E-state index contributed by atoms with van der Waals surface area (Å²) in [5, 5.41) is 4.09. The van der Waals surface area contributed by atoms with Gasteiger partial charge in [0.25, 0.3) is 0 Å². The minimum atomic E-state index is 0.447. The van der Waals surface area contributed by atoms with E-state index in [2.05, 4.69) is 17.2 Å². The number of nitrogens with one attached hydrogen (secondary N) is 1. The molecule has 0 aliphatic heterocycles. The molecule has 2 aromatic rings. The Bertz CT molecular complexity index is 587. The molecule has 0 fully saturated rings. The zero-order chi connectivity index (χ0) is 15.1. The van der Waals surface area contributed by atoms with Crippen LogP contribution in [0.2, 0.25) is 5.02 Å². The van der Waals surface area contributed by atoms with Gasteiger partial charge in [0.05, 0.1) is 5.69 Å². The highest BCUT2D eigenvalue weighted by Gasteiger charge is 2.08. The van der Waals surface area contributed by atoms with E-state index < -0.39 is 0 Å². The molecule has 2 rings (SSSR count). The number of halogens is 1. The van der Waals surface area contributed by atoms with E-state index in [4.69, 9.17) is 16.3 Å². The summed E-state index contributed by atoms with van der Waals surface area (Å²) < 4.78 is 5.90. The maximum absolute atomic E-state index is 6.28. The van der Waals surface area contributed by atoms with Crippen LogP contribution in [0.3, 0.4) is 0 Å². The van der Waals surface area contributed by atoms with Crippen molar-refractivity contribution in [1.82, 2.24) is 10.3 Å². The largest absolute Gasteiger partial charge is 0.487 e. The van der Waals surface area contributed by atoms with Gasteiger partial charge in [-0.1, -0.05) is 30.7 Å². The van der Waals surface area contributed by atoms with Crippen LogP contribution >= 0.6 is 11.6 Å². The molecule has 0 saturated heterocycles. The zero-order valence-electron chi connectivity index (χ0n) is 12.5. The van der Waals surface area contributed by atoms with Crippen molar-refractivity contribution < 1.29 is 4.74 Å². The van der Waals surface area contributed by atoms with Gasteiger partial charge in [0.15, 0.2) is 0 Å². The van der Waals surface area contributed by atoms with E-state index >= 15 is 0 Å². The van der Waals surface area contributed by atoms with E-state index in [-0.39, 0.29) is 0 Å². The normalized spacial score (nSPS) is 10.6. The number of rotatable bonds is 7. The quantitative estimate of drug-likeness (QED) is 0.781. The molecule has 0 saturated carbocycles. The van der Waals surface area contributed by atoms with Gasteiger partial charge in [-0.15, -0.1) is 0 Å². The Morgan fingerprint density at radius 3 is 2.76 bits per heavy atom. The van der Waals surface area contributed by atoms with Gasteiger partial charge in [-0.2, -0.15) is 0 Å². The van der Waals surface area contributed by atoms with Crippen LogP contribution in [-0.2, 0) is 13.2 Å². The van der Waals surface area contributed by atoms with Crippen LogP contribution in [-0.4, -0.2) is 11.5 Å². The van der Waals surface area contributed by atoms with Gasteiger partial charge >= 0.3 is 0 Å². The van der Waals surface area contributed by atoms with Crippen LogP contribution in [0.15, 0.2) is 36.4 Å². The van der Waals surface area contributed by atoms with Crippen molar-refractivity contribution in [2.75, 3.05) is 6.54 Å². The highest BCUT2D eigenvalue weighted by atomic mass is 35.5. The predicted octanol–water partition coefficient (Wildman–Crippen LogP) is 4.12. The van der Waals surface area contributed by atoms with Crippen LogP contribution in [0.1, 0.15) is 30.3 Å². The number of ether oxygens (including phenoxy) is 1. The molecule has 0 unspecified atom stereocenters. The molecule has 0 radical (unpaired) electrons. The topological polar surface area (TPSA) is 34.1 Å². The Morgan fingerprint density at radius 2 is 2.00 bits per heavy atom. The van der Waals surface area contributed by atoms with Crippen molar-refractivity contribution in [1.29, 1.82) is 0 Å². The van der Waals surface area contributed by atoms with Crippen LogP contribution in [0, 0.1) is 6.92 Å². The van der Waals surface area contributed by atoms with Crippen molar-refractivity contribution in [3.8, 4) is 5.75 Å². The summed E-state index contributed by atoms with van der Waals surface area (Å²) in [6, 6.07) is 11.7. The molecule has 0 aliphatic rings. The first-order valence-corrected chi connectivity index (χ1v) is 7.62. The maximum atomic E-state index is 6.28. The second kappa shape index (κ2) is 8.01. The van der Waals surface area contributed by atoms with E-state index in [1.54, 1.807) is 0 Å². The van der Waals surface area contributed by atoms with Gasteiger partial charge in [0.2, 0.25) is 0 Å². The van der Waals surface area contributed by atoms with Gasteiger partial charge in [0, 0.05) is 22.8 Å². The lowest BCUT2D eigenvalue weighted by Crippen LogP contribution is -2.15. The molecule has 0 amide bonds. The molecule has 0 atom stereocenters. The number of hydrogen-bond donors (Lipinski definition) is 1. The first kappa shape index (κ1) is 15.8. The summed E-state index contributed by atoms with van der Waals surface area (Å²) in [7, 11) is 0. The van der Waals surface area contributed by atoms with E-state index in [0.29, 0.717) is 13.2 Å². The molecular weight excluding hydrogens is 284 g/mol. The predicted molar refractivity (Wildman–Crippen MR) is 86.8 cm³/mol. The average Bonchev–Trinajstić information content (AvgIpc) is 2.47. The van der Waals surface area contributed by atoms with E-state index in [9.17, 15) is 0 Å². The van der Waals surface area contributed by atoms with Gasteiger partial charge in [-0.3, -0.25) is 4.98 Å². The van der Waals surface area contributed by atoms with Gasteiger partial charge in [-0.25, -0.2) is 0 Å². The first-order chi connectivity index (χ1) is 10.2. The maximum Gasteiger partial charge on any atom is 0.130 e. The van der Waals surface area contributed by atoms with Crippen molar-refractivity contribution in [2.45, 2.75) is 33.4 Å². The lowest BCUT2D eigenvalue weighted by Gasteiger charge is -2.13. The Morgan fingerprint density at radius 1 is 1.19 bits per heavy atom. The lowest BCUT2D eigenvalue weighted by molar-refractivity contribution is 0.297. The average molecular weight is 305 g/mol. The van der Waals surface area contributed by atoms with Crippen molar-refractivity contribution >= 4 is 11.6 Å². The third-order valence-corrected chi connectivity index (χ3v) is 3.48. The fourth-order valence-corrected chi connectivity index (χ4v) is 2.30. The molecule has 1 aromatic carbocycles. The number of hydrogen-bond acceptors (Lipinski definition) is 3. The van der Waals surface area contributed by atoms with Crippen LogP contribution in [0.4, 0.5) is 0 Å². The molecule has 112 valence electrons. The standard InChI is InChI=1S/C17H21ClN2O/c1-3-10-19-11-15-16(18)8-5-9-17(15)21-12-14-7-4-6-13(2)20-14/h4-9,19H,3,10-12H2,1-2H3. The summed E-state index contributed by atoms with van der Waals surface area (Å²) in [5.41, 5.74) is 2.91. The summed E-state index contributed by atoms with van der Waals surface area (Å²) >= 11 is 6.28. The number of pyridine rings is 1. The van der Waals surface area contributed by atoms with Gasteiger partial charge in [0.1, 0.15) is 12.4 Å². The summed E-state index contributed by atoms with van der Waals surface area (Å²) in [4.78, 5) is 4.44. The van der Waals surface area contributed by atoms with Crippen LogP contribution in [0.25, 0.3) is 0 Å². The molecule has 0 aliphatic carbocycles. The minimum Gasteiger partial charge on any atom is -0.487 e. The smallest absolute Gasteiger partial charge is 0.130 e. The summed E-state index contributed by atoms with van der Waals surface area (Å²) in [5.74, 6) is 0.814. The van der Waals surface area contributed by atoms with Crippen molar-refractivity contribution in [3.63, 3.8) is 0 Å². The summed E-state index contributed by atoms with van der Waals surface area (Å²) in [6.45, 7) is 6.24. The monoisotopic (exact) mass is 304 g/mol. The zero-order valence-corrected chi connectivity index (χ0v) is 13.3. The Hall–Kier alpha value is -1.58. The van der Waals surface area contributed by atoms with E-state index in [1.807, 2.05) is 43.3 Å². The molecule has 21 heavy (non-hydrogen) atoms. The number of aryl methyl sites for hydroxylation is 1. The van der Waals surface area contributed by atoms with Crippen LogP contribution in [0.5, 0.6) is 5.75 Å². The molecule has 4 heteroatoms. The second-order valence-electron chi connectivity index (χ2n) is 4.95. The number of benzene rings is 1. The van der Waals surface area contributed by atoms with E-state index in [0.717, 1.165) is 40.7 Å².